The summed E-state index contributed by atoms with van der Waals surface area (Å²) in [7, 11) is 0. The minimum atomic E-state index is -0.360. The maximum Gasteiger partial charge on any atom is 0.367 e. The summed E-state index contributed by atoms with van der Waals surface area (Å²) in [6.45, 7) is 0.267. The van der Waals surface area contributed by atoms with Gasteiger partial charge in [-0.1, -0.05) is 41.6 Å². The third-order valence-electron chi connectivity index (χ3n) is 5.76. The summed E-state index contributed by atoms with van der Waals surface area (Å²) in [4.78, 5) is 17.3. The monoisotopic (exact) mass is 464 g/mol. The Morgan fingerprint density at radius 2 is 1.60 bits per heavy atom. The van der Waals surface area contributed by atoms with Gasteiger partial charge in [0, 0.05) is 35.2 Å². The van der Waals surface area contributed by atoms with Crippen LogP contribution in [-0.2, 0) is 6.54 Å². The molecule has 0 aliphatic rings. The van der Waals surface area contributed by atoms with Crippen molar-refractivity contribution < 1.29 is 8.91 Å². The van der Waals surface area contributed by atoms with Crippen LogP contribution < -0.4 is 5.69 Å². The van der Waals surface area contributed by atoms with Gasteiger partial charge in [0.05, 0.1) is 12.7 Å². The molecule has 0 aliphatic heterocycles. The third kappa shape index (κ3) is 3.78. The molecule has 0 spiro atoms. The third-order valence-corrected chi connectivity index (χ3v) is 5.76. The molecule has 0 bridgehead atoms. The van der Waals surface area contributed by atoms with E-state index in [4.69, 9.17) is 4.52 Å². The molecular weight excluding hydrogens is 447 g/mol. The molecule has 4 aromatic heterocycles. The first-order valence-electron chi connectivity index (χ1n) is 10.8. The van der Waals surface area contributed by atoms with Crippen LogP contribution in [0.15, 0.2) is 101 Å². The zero-order chi connectivity index (χ0) is 23.8. The Morgan fingerprint density at radius 1 is 0.857 bits per heavy atom. The van der Waals surface area contributed by atoms with Gasteiger partial charge in [-0.15, -0.1) is 5.10 Å². The molecule has 0 unspecified atom stereocenters. The predicted octanol–water partition coefficient (Wildman–Crippen LogP) is 4.46. The Balaban J connectivity index is 1.46. The molecular formula is C26H17FN6O2. The number of rotatable bonds is 5. The maximum absolute atomic E-state index is 13.6. The standard InChI is InChI=1S/C26H17FN6O2/c27-21-7-5-18(6-8-21)22-15-29-33-25(24(22)20-9-12-28-13-10-20)30-32(26(33)34)16-17-1-3-19(4-2-17)23-11-14-35-31-23/h1-15H,16H2. The van der Waals surface area contributed by atoms with Crippen LogP contribution in [0, 0.1) is 5.82 Å². The van der Waals surface area contributed by atoms with E-state index in [2.05, 4.69) is 20.3 Å². The lowest BCUT2D eigenvalue weighted by atomic mass is 9.98. The van der Waals surface area contributed by atoms with E-state index in [1.807, 2.05) is 36.4 Å². The smallest absolute Gasteiger partial charge is 0.364 e. The first-order chi connectivity index (χ1) is 17.2. The fourth-order valence-electron chi connectivity index (χ4n) is 4.03. The molecule has 2 aromatic carbocycles. The Kier molecular flexibility index (Phi) is 4.99. The van der Waals surface area contributed by atoms with Crippen molar-refractivity contribution in [2.24, 2.45) is 0 Å². The molecule has 6 aromatic rings. The summed E-state index contributed by atoms with van der Waals surface area (Å²) in [5.41, 5.74) is 5.62. The van der Waals surface area contributed by atoms with Crippen LogP contribution >= 0.6 is 0 Å². The SMILES string of the molecule is O=c1n(Cc2ccc(-c3ccon3)cc2)nc2c(-c3ccncc3)c(-c3ccc(F)cc3)cnn12. The fourth-order valence-corrected chi connectivity index (χ4v) is 4.03. The van der Waals surface area contributed by atoms with E-state index in [-0.39, 0.29) is 18.1 Å². The van der Waals surface area contributed by atoms with Crippen LogP contribution in [0.1, 0.15) is 5.56 Å². The van der Waals surface area contributed by atoms with Crippen molar-refractivity contribution in [3.63, 3.8) is 0 Å². The molecule has 0 atom stereocenters. The Morgan fingerprint density at radius 3 is 2.31 bits per heavy atom. The average molecular weight is 464 g/mol. The van der Waals surface area contributed by atoms with Crippen molar-refractivity contribution in [2.45, 2.75) is 6.54 Å². The number of hydrogen-bond acceptors (Lipinski definition) is 6. The van der Waals surface area contributed by atoms with E-state index in [9.17, 15) is 9.18 Å². The summed E-state index contributed by atoms with van der Waals surface area (Å²) < 4.78 is 21.1. The van der Waals surface area contributed by atoms with Crippen molar-refractivity contribution in [1.82, 2.24) is 29.5 Å². The van der Waals surface area contributed by atoms with Crippen LogP contribution in [0.3, 0.4) is 0 Å². The Labute approximate surface area is 197 Å². The normalized spacial score (nSPS) is 11.2. The quantitative estimate of drug-likeness (QED) is 0.374. The fraction of sp³-hybridized carbons (Fsp3) is 0.0385. The highest BCUT2D eigenvalue weighted by molar-refractivity contribution is 5.90. The molecule has 0 N–H and O–H groups in total. The lowest BCUT2D eigenvalue weighted by molar-refractivity contribution is 0.422. The average Bonchev–Trinajstić information content (AvgIpc) is 3.54. The first-order valence-corrected chi connectivity index (χ1v) is 10.8. The summed E-state index contributed by atoms with van der Waals surface area (Å²) in [5, 5.41) is 13.0. The molecule has 35 heavy (non-hydrogen) atoms. The van der Waals surface area contributed by atoms with E-state index in [1.165, 1.54) is 27.6 Å². The molecule has 0 fully saturated rings. The summed E-state index contributed by atoms with van der Waals surface area (Å²) in [6.07, 6.45) is 6.47. The molecule has 8 nitrogen and oxygen atoms in total. The highest BCUT2D eigenvalue weighted by Gasteiger charge is 2.19. The number of benzene rings is 2. The van der Waals surface area contributed by atoms with E-state index >= 15 is 0 Å². The number of aromatic nitrogens is 6. The lowest BCUT2D eigenvalue weighted by Crippen LogP contribution is -2.22. The van der Waals surface area contributed by atoms with Gasteiger partial charge in [0.2, 0.25) is 0 Å². The minimum absolute atomic E-state index is 0.267. The molecule has 0 amide bonds. The molecule has 9 heteroatoms. The molecule has 0 aliphatic carbocycles. The van der Waals surface area contributed by atoms with Crippen molar-refractivity contribution in [3.8, 4) is 33.5 Å². The van der Waals surface area contributed by atoms with Gasteiger partial charge in [-0.2, -0.15) is 9.61 Å². The predicted molar refractivity (Wildman–Crippen MR) is 127 cm³/mol. The van der Waals surface area contributed by atoms with E-state index in [1.54, 1.807) is 36.8 Å². The topological polar surface area (TPSA) is 91.1 Å². The van der Waals surface area contributed by atoms with Gasteiger partial charge >= 0.3 is 5.69 Å². The van der Waals surface area contributed by atoms with Crippen LogP contribution in [0.25, 0.3) is 39.2 Å². The number of halogens is 1. The highest BCUT2D eigenvalue weighted by Crippen LogP contribution is 2.33. The number of pyridine rings is 1. The van der Waals surface area contributed by atoms with Crippen molar-refractivity contribution in [3.05, 3.63) is 113 Å². The van der Waals surface area contributed by atoms with Crippen LogP contribution in [0.4, 0.5) is 4.39 Å². The summed E-state index contributed by atoms with van der Waals surface area (Å²) >= 11 is 0. The summed E-state index contributed by atoms with van der Waals surface area (Å²) in [6, 6.07) is 19.3. The second kappa shape index (κ2) is 8.45. The zero-order valence-electron chi connectivity index (χ0n) is 18.2. The Bertz CT molecular complexity index is 1670. The van der Waals surface area contributed by atoms with Crippen molar-refractivity contribution in [1.29, 1.82) is 0 Å². The zero-order valence-corrected chi connectivity index (χ0v) is 18.2. The second-order valence-electron chi connectivity index (χ2n) is 7.93. The number of hydrogen-bond donors (Lipinski definition) is 0. The van der Waals surface area contributed by atoms with E-state index in [0.717, 1.165) is 33.5 Å². The van der Waals surface area contributed by atoms with Gasteiger partial charge in [0.1, 0.15) is 17.8 Å². The second-order valence-corrected chi connectivity index (χ2v) is 7.93. The van der Waals surface area contributed by atoms with Gasteiger partial charge in [-0.05, 0) is 41.0 Å². The van der Waals surface area contributed by atoms with E-state index < -0.39 is 0 Å². The minimum Gasteiger partial charge on any atom is -0.364 e. The largest absolute Gasteiger partial charge is 0.367 e. The van der Waals surface area contributed by atoms with Gasteiger partial charge < -0.3 is 4.52 Å². The van der Waals surface area contributed by atoms with Gasteiger partial charge in [0.25, 0.3) is 0 Å². The highest BCUT2D eigenvalue weighted by atomic mass is 19.1. The summed E-state index contributed by atoms with van der Waals surface area (Å²) in [5.74, 6) is -0.330. The number of fused-ring (bicyclic) bond motifs is 1. The number of nitrogens with zero attached hydrogens (tertiary/aromatic N) is 6. The van der Waals surface area contributed by atoms with Crippen LogP contribution in [0.5, 0.6) is 0 Å². The van der Waals surface area contributed by atoms with Crippen molar-refractivity contribution in [2.75, 3.05) is 0 Å². The van der Waals surface area contributed by atoms with Gasteiger partial charge in [-0.25, -0.2) is 13.9 Å². The molecule has 0 saturated heterocycles. The van der Waals surface area contributed by atoms with Gasteiger partial charge in [0.15, 0.2) is 5.65 Å². The molecule has 6 rings (SSSR count). The molecule has 0 radical (unpaired) electrons. The molecule has 0 saturated carbocycles. The van der Waals surface area contributed by atoms with Crippen LogP contribution in [-0.4, -0.2) is 29.5 Å². The molecule has 4 heterocycles. The van der Waals surface area contributed by atoms with E-state index in [0.29, 0.717) is 11.2 Å². The molecule has 170 valence electrons. The lowest BCUT2D eigenvalue weighted by Gasteiger charge is -2.10. The first kappa shape index (κ1) is 20.7. The van der Waals surface area contributed by atoms with Gasteiger partial charge in [-0.3, -0.25) is 4.98 Å². The van der Waals surface area contributed by atoms with Crippen LogP contribution in [0.2, 0.25) is 0 Å². The van der Waals surface area contributed by atoms with Crippen molar-refractivity contribution >= 4 is 5.65 Å². The maximum atomic E-state index is 13.6. The Hall–Kier alpha value is -4.92.